The third kappa shape index (κ3) is 2.98. The standard InChI is InChI=1S/C15H20N2S/c1-10-7-5-6-8-14(10)9-16-11(2)15-12(3)18-13(4)17-15/h5-8,11,16H,9H2,1-4H3. The van der Waals surface area contributed by atoms with Gasteiger partial charge in [0.05, 0.1) is 10.7 Å². The van der Waals surface area contributed by atoms with Crippen molar-refractivity contribution in [2.75, 3.05) is 0 Å². The highest BCUT2D eigenvalue weighted by Crippen LogP contribution is 2.22. The predicted octanol–water partition coefficient (Wildman–Crippen LogP) is 3.92. The molecule has 2 aromatic rings. The van der Waals surface area contributed by atoms with Crippen LogP contribution in [0, 0.1) is 20.8 Å². The Morgan fingerprint density at radius 2 is 1.94 bits per heavy atom. The van der Waals surface area contributed by atoms with Gasteiger partial charge < -0.3 is 5.32 Å². The summed E-state index contributed by atoms with van der Waals surface area (Å²) in [5.74, 6) is 0. The Labute approximate surface area is 113 Å². The molecule has 1 heterocycles. The Morgan fingerprint density at radius 1 is 1.22 bits per heavy atom. The van der Waals surface area contributed by atoms with Crippen LogP contribution in [0.3, 0.4) is 0 Å². The second-order valence-corrected chi connectivity index (χ2v) is 6.11. The molecule has 3 heteroatoms. The first-order valence-electron chi connectivity index (χ1n) is 6.29. The van der Waals surface area contributed by atoms with Crippen LogP contribution in [-0.2, 0) is 6.54 Å². The molecule has 18 heavy (non-hydrogen) atoms. The van der Waals surface area contributed by atoms with Crippen LogP contribution in [0.15, 0.2) is 24.3 Å². The first-order valence-corrected chi connectivity index (χ1v) is 7.11. The second-order valence-electron chi connectivity index (χ2n) is 4.70. The van der Waals surface area contributed by atoms with Crippen LogP contribution in [0.5, 0.6) is 0 Å². The van der Waals surface area contributed by atoms with Crippen LogP contribution in [0.1, 0.15) is 39.7 Å². The zero-order valence-electron chi connectivity index (χ0n) is 11.4. The van der Waals surface area contributed by atoms with Crippen molar-refractivity contribution >= 4 is 11.3 Å². The molecule has 0 aliphatic rings. The molecule has 96 valence electrons. The summed E-state index contributed by atoms with van der Waals surface area (Å²) in [4.78, 5) is 5.92. The molecule has 1 N–H and O–H groups in total. The molecular formula is C15H20N2S. The summed E-state index contributed by atoms with van der Waals surface area (Å²) >= 11 is 1.77. The molecule has 0 radical (unpaired) electrons. The highest BCUT2D eigenvalue weighted by molar-refractivity contribution is 7.11. The lowest BCUT2D eigenvalue weighted by Crippen LogP contribution is -2.19. The number of hydrogen-bond donors (Lipinski definition) is 1. The van der Waals surface area contributed by atoms with E-state index >= 15 is 0 Å². The minimum atomic E-state index is 0.301. The largest absolute Gasteiger partial charge is 0.305 e. The molecule has 0 saturated carbocycles. The zero-order chi connectivity index (χ0) is 13.1. The van der Waals surface area contributed by atoms with E-state index in [1.807, 2.05) is 0 Å². The Balaban J connectivity index is 2.03. The van der Waals surface area contributed by atoms with E-state index in [1.54, 1.807) is 11.3 Å². The maximum Gasteiger partial charge on any atom is 0.0900 e. The van der Waals surface area contributed by atoms with Crippen LogP contribution in [0.2, 0.25) is 0 Å². The van der Waals surface area contributed by atoms with Crippen molar-refractivity contribution in [1.29, 1.82) is 0 Å². The van der Waals surface area contributed by atoms with Crippen molar-refractivity contribution in [3.63, 3.8) is 0 Å². The molecule has 1 aromatic heterocycles. The maximum absolute atomic E-state index is 4.60. The van der Waals surface area contributed by atoms with Gasteiger partial charge in [-0.3, -0.25) is 0 Å². The Kier molecular flexibility index (Phi) is 4.15. The maximum atomic E-state index is 4.60. The zero-order valence-corrected chi connectivity index (χ0v) is 12.3. The van der Waals surface area contributed by atoms with Crippen LogP contribution in [0.4, 0.5) is 0 Å². The molecule has 0 amide bonds. The van der Waals surface area contributed by atoms with E-state index in [9.17, 15) is 0 Å². The molecule has 0 bridgehead atoms. The summed E-state index contributed by atoms with van der Waals surface area (Å²) < 4.78 is 0. The van der Waals surface area contributed by atoms with Gasteiger partial charge in [0.1, 0.15) is 0 Å². The van der Waals surface area contributed by atoms with Crippen LogP contribution >= 0.6 is 11.3 Å². The normalized spacial score (nSPS) is 12.7. The SMILES string of the molecule is Cc1nc(C(C)NCc2ccccc2C)c(C)s1. The minimum Gasteiger partial charge on any atom is -0.305 e. The van der Waals surface area contributed by atoms with Crippen molar-refractivity contribution in [1.82, 2.24) is 10.3 Å². The molecule has 1 atom stereocenters. The molecule has 0 aliphatic carbocycles. The Hall–Kier alpha value is -1.19. The third-order valence-electron chi connectivity index (χ3n) is 3.21. The fourth-order valence-corrected chi connectivity index (χ4v) is 3.03. The van der Waals surface area contributed by atoms with Gasteiger partial charge in [0, 0.05) is 17.5 Å². The summed E-state index contributed by atoms with van der Waals surface area (Å²) in [5, 5.41) is 4.70. The lowest BCUT2D eigenvalue weighted by Gasteiger charge is -2.14. The number of hydrogen-bond acceptors (Lipinski definition) is 3. The third-order valence-corrected chi connectivity index (χ3v) is 4.11. The van der Waals surface area contributed by atoms with Crippen molar-refractivity contribution in [2.45, 2.75) is 40.3 Å². The smallest absolute Gasteiger partial charge is 0.0900 e. The topological polar surface area (TPSA) is 24.9 Å². The fourth-order valence-electron chi connectivity index (χ4n) is 2.11. The predicted molar refractivity (Wildman–Crippen MR) is 78.0 cm³/mol. The van der Waals surface area contributed by atoms with E-state index in [2.05, 4.69) is 62.3 Å². The van der Waals surface area contributed by atoms with Gasteiger partial charge in [0.2, 0.25) is 0 Å². The van der Waals surface area contributed by atoms with Gasteiger partial charge in [0.15, 0.2) is 0 Å². The van der Waals surface area contributed by atoms with E-state index in [4.69, 9.17) is 0 Å². The van der Waals surface area contributed by atoms with E-state index in [-0.39, 0.29) is 0 Å². The quantitative estimate of drug-likeness (QED) is 0.901. The highest BCUT2D eigenvalue weighted by Gasteiger charge is 2.12. The van der Waals surface area contributed by atoms with Gasteiger partial charge >= 0.3 is 0 Å². The fraction of sp³-hybridized carbons (Fsp3) is 0.400. The number of rotatable bonds is 4. The summed E-state index contributed by atoms with van der Waals surface area (Å²) in [6.07, 6.45) is 0. The number of nitrogens with one attached hydrogen (secondary N) is 1. The molecule has 1 aromatic carbocycles. The van der Waals surface area contributed by atoms with E-state index in [0.29, 0.717) is 6.04 Å². The molecule has 0 spiro atoms. The van der Waals surface area contributed by atoms with E-state index in [1.165, 1.54) is 21.7 Å². The van der Waals surface area contributed by atoms with Crippen molar-refractivity contribution in [3.8, 4) is 0 Å². The van der Waals surface area contributed by atoms with Crippen LogP contribution < -0.4 is 5.32 Å². The number of benzene rings is 1. The van der Waals surface area contributed by atoms with Gasteiger partial charge in [-0.2, -0.15) is 0 Å². The number of aromatic nitrogens is 1. The highest BCUT2D eigenvalue weighted by atomic mass is 32.1. The summed E-state index contributed by atoms with van der Waals surface area (Å²) in [7, 11) is 0. The van der Waals surface area contributed by atoms with Crippen molar-refractivity contribution < 1.29 is 0 Å². The lowest BCUT2D eigenvalue weighted by atomic mass is 10.1. The average molecular weight is 260 g/mol. The van der Waals surface area contributed by atoms with Gasteiger partial charge in [-0.15, -0.1) is 11.3 Å². The van der Waals surface area contributed by atoms with Gasteiger partial charge in [0.25, 0.3) is 0 Å². The number of aryl methyl sites for hydroxylation is 3. The minimum absolute atomic E-state index is 0.301. The summed E-state index contributed by atoms with van der Waals surface area (Å²) in [6, 6.07) is 8.80. The van der Waals surface area contributed by atoms with E-state index in [0.717, 1.165) is 11.6 Å². The lowest BCUT2D eigenvalue weighted by molar-refractivity contribution is 0.560. The Bertz CT molecular complexity index is 531. The summed E-state index contributed by atoms with van der Waals surface area (Å²) in [5.41, 5.74) is 3.88. The van der Waals surface area contributed by atoms with Crippen molar-refractivity contribution in [3.05, 3.63) is 51.0 Å². The first-order chi connectivity index (χ1) is 8.58. The molecule has 0 saturated heterocycles. The molecule has 0 aliphatic heterocycles. The van der Waals surface area contributed by atoms with Gasteiger partial charge in [-0.25, -0.2) is 4.98 Å². The van der Waals surface area contributed by atoms with Gasteiger partial charge in [-0.05, 0) is 38.8 Å². The molecule has 0 fully saturated rings. The van der Waals surface area contributed by atoms with Crippen LogP contribution in [0.25, 0.3) is 0 Å². The number of thiazole rings is 1. The summed E-state index contributed by atoms with van der Waals surface area (Å²) in [6.45, 7) is 9.44. The average Bonchev–Trinajstić information content (AvgIpc) is 2.67. The number of nitrogens with zero attached hydrogens (tertiary/aromatic N) is 1. The monoisotopic (exact) mass is 260 g/mol. The van der Waals surface area contributed by atoms with Crippen LogP contribution in [-0.4, -0.2) is 4.98 Å². The molecular weight excluding hydrogens is 240 g/mol. The molecule has 2 rings (SSSR count). The molecule has 1 unspecified atom stereocenters. The molecule has 2 nitrogen and oxygen atoms in total. The van der Waals surface area contributed by atoms with Gasteiger partial charge in [-0.1, -0.05) is 24.3 Å². The second kappa shape index (κ2) is 5.63. The van der Waals surface area contributed by atoms with Crippen molar-refractivity contribution in [2.24, 2.45) is 0 Å². The first kappa shape index (κ1) is 13.2. The van der Waals surface area contributed by atoms with E-state index < -0.39 is 0 Å². The Morgan fingerprint density at radius 3 is 2.56 bits per heavy atom.